The van der Waals surface area contributed by atoms with Gasteiger partial charge >= 0.3 is 0 Å². The van der Waals surface area contributed by atoms with Gasteiger partial charge in [-0.2, -0.15) is 0 Å². The topological polar surface area (TPSA) is 67.6 Å². The second-order valence-electron chi connectivity index (χ2n) is 6.71. The van der Waals surface area contributed by atoms with Crippen molar-refractivity contribution in [2.24, 2.45) is 0 Å². The van der Waals surface area contributed by atoms with E-state index in [0.29, 0.717) is 25.5 Å². The smallest absolute Gasteiger partial charge is 0.269 e. The summed E-state index contributed by atoms with van der Waals surface area (Å²) < 4.78 is 11.3. The van der Waals surface area contributed by atoms with Crippen molar-refractivity contribution in [1.82, 2.24) is 15.2 Å². The number of aromatic nitrogens is 1. The molecule has 1 amide bonds. The average Bonchev–Trinajstić information content (AvgIpc) is 3.14. The molecule has 1 fully saturated rings. The van der Waals surface area contributed by atoms with Gasteiger partial charge in [0.1, 0.15) is 17.2 Å². The molecule has 1 aliphatic rings. The van der Waals surface area contributed by atoms with Crippen molar-refractivity contribution in [1.29, 1.82) is 0 Å². The Morgan fingerprint density at radius 2 is 1.96 bits per heavy atom. The Morgan fingerprint density at radius 3 is 2.74 bits per heavy atom. The van der Waals surface area contributed by atoms with Gasteiger partial charge in [0.2, 0.25) is 0 Å². The third-order valence-corrected chi connectivity index (χ3v) is 4.86. The van der Waals surface area contributed by atoms with E-state index in [0.717, 1.165) is 35.5 Å². The summed E-state index contributed by atoms with van der Waals surface area (Å²) in [6, 6.07) is 15.4. The van der Waals surface area contributed by atoms with Gasteiger partial charge in [0.25, 0.3) is 5.91 Å². The maximum atomic E-state index is 12.7. The predicted molar refractivity (Wildman–Crippen MR) is 103 cm³/mol. The van der Waals surface area contributed by atoms with Crippen LogP contribution in [-0.2, 0) is 4.74 Å². The fraction of sp³-hybridized carbons (Fsp3) is 0.333. The number of amides is 1. The molecule has 3 heterocycles. The maximum Gasteiger partial charge on any atom is 0.269 e. The minimum Gasteiger partial charge on any atom is -0.465 e. The molecule has 1 aliphatic heterocycles. The molecule has 27 heavy (non-hydrogen) atoms. The van der Waals surface area contributed by atoms with Crippen molar-refractivity contribution in [3.05, 3.63) is 65.7 Å². The largest absolute Gasteiger partial charge is 0.465 e. The Bertz CT molecular complexity index is 931. The molecule has 0 unspecified atom stereocenters. The molecule has 1 N–H and O–H groups in total. The van der Waals surface area contributed by atoms with Crippen molar-refractivity contribution < 1.29 is 13.9 Å². The lowest BCUT2D eigenvalue weighted by Crippen LogP contribution is -2.43. The number of nitrogens with zero attached hydrogens (tertiary/aromatic N) is 2. The van der Waals surface area contributed by atoms with Gasteiger partial charge in [0, 0.05) is 25.0 Å². The first kappa shape index (κ1) is 17.7. The monoisotopic (exact) mass is 365 g/mol. The van der Waals surface area contributed by atoms with Crippen LogP contribution in [0.4, 0.5) is 0 Å². The molecule has 0 spiro atoms. The van der Waals surface area contributed by atoms with Crippen LogP contribution in [0, 0.1) is 6.92 Å². The van der Waals surface area contributed by atoms with Crippen LogP contribution in [0.2, 0.25) is 0 Å². The number of aryl methyl sites for hydroxylation is 1. The Hall–Kier alpha value is -2.70. The molecule has 1 aromatic carbocycles. The number of morpholine rings is 1. The number of fused-ring (bicyclic) bond motifs is 1. The molecule has 1 atom stereocenters. The molecule has 3 aromatic rings. The number of furan rings is 1. The van der Waals surface area contributed by atoms with Crippen molar-refractivity contribution in [3.8, 4) is 0 Å². The lowest BCUT2D eigenvalue weighted by Gasteiger charge is -2.33. The van der Waals surface area contributed by atoms with Gasteiger partial charge < -0.3 is 14.5 Å². The summed E-state index contributed by atoms with van der Waals surface area (Å²) in [6.45, 7) is 5.40. The van der Waals surface area contributed by atoms with Crippen LogP contribution in [0.5, 0.6) is 0 Å². The number of ether oxygens (including phenoxy) is 1. The molecular formula is C21H23N3O3. The standard InChI is InChI=1S/C21H23N3O3/c1-15-6-9-20(27-15)19(24-10-12-26-13-11-24)14-22-21(25)18-8-7-16-4-2-3-5-17(16)23-18/h2-9,19H,10-14H2,1H3,(H,22,25)/t19-/m1/s1. The average molecular weight is 365 g/mol. The number of hydrogen-bond donors (Lipinski definition) is 1. The second-order valence-corrected chi connectivity index (χ2v) is 6.71. The van der Waals surface area contributed by atoms with Gasteiger partial charge in [-0.05, 0) is 31.2 Å². The highest BCUT2D eigenvalue weighted by Crippen LogP contribution is 2.23. The van der Waals surface area contributed by atoms with Crippen LogP contribution in [0.15, 0.2) is 52.9 Å². The van der Waals surface area contributed by atoms with E-state index in [9.17, 15) is 4.79 Å². The van der Waals surface area contributed by atoms with Crippen LogP contribution >= 0.6 is 0 Å². The number of rotatable bonds is 5. The third kappa shape index (κ3) is 4.02. The molecule has 1 saturated heterocycles. The minimum atomic E-state index is -0.178. The van der Waals surface area contributed by atoms with E-state index in [2.05, 4.69) is 15.2 Å². The number of nitrogens with one attached hydrogen (secondary N) is 1. The lowest BCUT2D eigenvalue weighted by molar-refractivity contribution is 0.0117. The van der Waals surface area contributed by atoms with Gasteiger partial charge in [-0.25, -0.2) is 4.98 Å². The molecule has 4 rings (SSSR count). The predicted octanol–water partition coefficient (Wildman–Crippen LogP) is 2.94. The third-order valence-electron chi connectivity index (χ3n) is 4.86. The molecular weight excluding hydrogens is 342 g/mol. The molecule has 2 aromatic heterocycles. The first-order valence-corrected chi connectivity index (χ1v) is 9.23. The quantitative estimate of drug-likeness (QED) is 0.753. The fourth-order valence-corrected chi connectivity index (χ4v) is 3.40. The second kappa shape index (κ2) is 7.90. The van der Waals surface area contributed by atoms with Crippen molar-refractivity contribution in [2.45, 2.75) is 13.0 Å². The van der Waals surface area contributed by atoms with Crippen molar-refractivity contribution in [3.63, 3.8) is 0 Å². The van der Waals surface area contributed by atoms with Crippen molar-refractivity contribution >= 4 is 16.8 Å². The SMILES string of the molecule is Cc1ccc([C@@H](CNC(=O)c2ccc3ccccc3n2)N2CCOCC2)o1. The molecule has 6 nitrogen and oxygen atoms in total. The van der Waals surface area contributed by atoms with E-state index in [4.69, 9.17) is 9.15 Å². The summed E-state index contributed by atoms with van der Waals surface area (Å²) in [5.41, 5.74) is 1.24. The summed E-state index contributed by atoms with van der Waals surface area (Å²) in [6.07, 6.45) is 0. The Labute approximate surface area is 158 Å². The highest BCUT2D eigenvalue weighted by Gasteiger charge is 2.26. The fourth-order valence-electron chi connectivity index (χ4n) is 3.40. The minimum absolute atomic E-state index is 0.0213. The van der Waals surface area contributed by atoms with E-state index in [1.54, 1.807) is 6.07 Å². The van der Waals surface area contributed by atoms with Crippen LogP contribution < -0.4 is 5.32 Å². The van der Waals surface area contributed by atoms with Crippen LogP contribution in [0.1, 0.15) is 28.1 Å². The molecule has 0 aliphatic carbocycles. The molecule has 0 saturated carbocycles. The number of pyridine rings is 1. The van der Waals surface area contributed by atoms with Crippen LogP contribution in [0.25, 0.3) is 10.9 Å². The lowest BCUT2D eigenvalue weighted by atomic mass is 10.1. The summed E-state index contributed by atoms with van der Waals surface area (Å²) in [4.78, 5) is 19.4. The summed E-state index contributed by atoms with van der Waals surface area (Å²) in [5.74, 6) is 1.55. The number of para-hydroxylation sites is 1. The molecule has 0 bridgehead atoms. The van der Waals surface area contributed by atoms with E-state index < -0.39 is 0 Å². The summed E-state index contributed by atoms with van der Waals surface area (Å²) >= 11 is 0. The first-order chi connectivity index (χ1) is 13.2. The van der Waals surface area contributed by atoms with Crippen molar-refractivity contribution in [2.75, 3.05) is 32.8 Å². The number of carbonyl (C=O) groups is 1. The zero-order chi connectivity index (χ0) is 18.6. The van der Waals surface area contributed by atoms with Gasteiger partial charge in [-0.1, -0.05) is 24.3 Å². The summed E-state index contributed by atoms with van der Waals surface area (Å²) in [5, 5.41) is 4.04. The maximum absolute atomic E-state index is 12.7. The normalized spacial score (nSPS) is 16.3. The first-order valence-electron chi connectivity index (χ1n) is 9.23. The summed E-state index contributed by atoms with van der Waals surface area (Å²) in [7, 11) is 0. The van der Waals surface area contributed by atoms with Gasteiger partial charge in [-0.3, -0.25) is 9.69 Å². The number of benzene rings is 1. The Kier molecular flexibility index (Phi) is 5.18. The highest BCUT2D eigenvalue weighted by molar-refractivity contribution is 5.94. The van der Waals surface area contributed by atoms with Crippen LogP contribution in [0.3, 0.4) is 0 Å². The highest BCUT2D eigenvalue weighted by atomic mass is 16.5. The van der Waals surface area contributed by atoms with Gasteiger partial charge in [-0.15, -0.1) is 0 Å². The Balaban J connectivity index is 1.49. The van der Waals surface area contributed by atoms with E-state index in [1.807, 2.05) is 49.4 Å². The van der Waals surface area contributed by atoms with E-state index in [1.165, 1.54) is 0 Å². The zero-order valence-corrected chi connectivity index (χ0v) is 15.4. The van der Waals surface area contributed by atoms with E-state index in [-0.39, 0.29) is 11.9 Å². The molecule has 6 heteroatoms. The van der Waals surface area contributed by atoms with Gasteiger partial charge in [0.15, 0.2) is 0 Å². The molecule has 140 valence electrons. The zero-order valence-electron chi connectivity index (χ0n) is 15.4. The van der Waals surface area contributed by atoms with Gasteiger partial charge in [0.05, 0.1) is 24.8 Å². The number of hydrogen-bond acceptors (Lipinski definition) is 5. The Morgan fingerprint density at radius 1 is 1.15 bits per heavy atom. The van der Waals surface area contributed by atoms with Crippen LogP contribution in [-0.4, -0.2) is 48.6 Å². The molecule has 0 radical (unpaired) electrons. The number of carbonyl (C=O) groups excluding carboxylic acids is 1. The van der Waals surface area contributed by atoms with E-state index >= 15 is 0 Å².